The fraction of sp³-hybridized carbons (Fsp3) is 0.429. The van der Waals surface area contributed by atoms with Gasteiger partial charge in [-0.15, -0.1) is 0 Å². The first-order valence-corrected chi connectivity index (χ1v) is 6.66. The SMILES string of the molecule is O=C(O)c1cc(C(=O)O)c(COCOCO)cc1COCOCO. The van der Waals surface area contributed by atoms with Gasteiger partial charge in [-0.05, 0) is 23.3 Å². The lowest BCUT2D eigenvalue weighted by Gasteiger charge is -2.13. The van der Waals surface area contributed by atoms with E-state index in [1.807, 2.05) is 0 Å². The van der Waals surface area contributed by atoms with Gasteiger partial charge in [-0.3, -0.25) is 0 Å². The summed E-state index contributed by atoms with van der Waals surface area (Å²) in [6, 6.07) is 2.35. The average molecular weight is 346 g/mol. The Kier molecular flexibility index (Phi) is 8.86. The highest BCUT2D eigenvalue weighted by atomic mass is 16.7. The third-order valence-electron chi connectivity index (χ3n) is 2.82. The van der Waals surface area contributed by atoms with Crippen molar-refractivity contribution in [1.82, 2.24) is 0 Å². The number of aromatic carboxylic acids is 2. The minimum absolute atomic E-state index is 0.165. The minimum atomic E-state index is -1.31. The van der Waals surface area contributed by atoms with E-state index in [1.165, 1.54) is 6.07 Å². The molecule has 1 aromatic carbocycles. The van der Waals surface area contributed by atoms with Crippen molar-refractivity contribution in [2.75, 3.05) is 27.2 Å². The molecule has 0 aliphatic rings. The number of carbonyl (C=O) groups is 2. The quantitative estimate of drug-likeness (QED) is 0.300. The van der Waals surface area contributed by atoms with Crippen molar-refractivity contribution in [3.8, 4) is 0 Å². The van der Waals surface area contributed by atoms with Gasteiger partial charge in [0.25, 0.3) is 0 Å². The van der Waals surface area contributed by atoms with Crippen molar-refractivity contribution in [3.05, 3.63) is 34.4 Å². The normalized spacial score (nSPS) is 10.8. The summed E-state index contributed by atoms with van der Waals surface area (Å²) < 4.78 is 19.2. The molecule has 0 aromatic heterocycles. The van der Waals surface area contributed by atoms with Crippen LogP contribution in [0.15, 0.2) is 12.1 Å². The van der Waals surface area contributed by atoms with Crippen LogP contribution in [-0.4, -0.2) is 59.5 Å². The predicted octanol–water partition coefficient (Wildman–Crippen LogP) is -0.0360. The van der Waals surface area contributed by atoms with Crippen LogP contribution in [0.5, 0.6) is 0 Å². The van der Waals surface area contributed by atoms with Crippen LogP contribution in [0.25, 0.3) is 0 Å². The van der Waals surface area contributed by atoms with Crippen LogP contribution in [0.4, 0.5) is 0 Å². The lowest BCUT2D eigenvalue weighted by atomic mass is 9.99. The first-order valence-electron chi connectivity index (χ1n) is 6.66. The molecule has 0 bridgehead atoms. The van der Waals surface area contributed by atoms with Gasteiger partial charge in [0, 0.05) is 0 Å². The first-order chi connectivity index (χ1) is 11.5. The Balaban J connectivity index is 3.01. The maximum atomic E-state index is 11.3. The standard InChI is InChI=1S/C14H18O10/c15-5-23-7-21-3-9-1-10(4-22-8-24-6-16)12(14(19)20)2-11(9)13(17)18/h1-2,15-16H,3-8H2,(H,17,18)(H,19,20). The summed E-state index contributed by atoms with van der Waals surface area (Å²) in [7, 11) is 0. The number of carboxylic acids is 2. The molecule has 0 amide bonds. The fourth-order valence-corrected chi connectivity index (χ4v) is 1.83. The van der Waals surface area contributed by atoms with Crippen LogP contribution in [0, 0.1) is 0 Å². The van der Waals surface area contributed by atoms with Gasteiger partial charge in [-0.25, -0.2) is 9.59 Å². The van der Waals surface area contributed by atoms with Crippen LogP contribution in [-0.2, 0) is 32.2 Å². The molecule has 0 unspecified atom stereocenters. The molecule has 0 saturated heterocycles. The smallest absolute Gasteiger partial charge is 0.336 e. The summed E-state index contributed by atoms with van der Waals surface area (Å²) in [5.74, 6) is -2.62. The summed E-state index contributed by atoms with van der Waals surface area (Å²) in [5.41, 5.74) is -0.0232. The largest absolute Gasteiger partial charge is 0.478 e. The van der Waals surface area contributed by atoms with Crippen LogP contribution < -0.4 is 0 Å². The molecule has 0 saturated carbocycles. The van der Waals surface area contributed by atoms with E-state index in [0.717, 1.165) is 6.07 Å². The van der Waals surface area contributed by atoms with E-state index >= 15 is 0 Å². The first kappa shape index (κ1) is 20.0. The maximum absolute atomic E-state index is 11.3. The Labute approximate surface area is 136 Å². The van der Waals surface area contributed by atoms with Crippen molar-refractivity contribution in [3.63, 3.8) is 0 Å². The minimum Gasteiger partial charge on any atom is -0.478 e. The number of aliphatic hydroxyl groups excluding tert-OH is 2. The molecule has 0 fully saturated rings. The van der Waals surface area contributed by atoms with Gasteiger partial charge in [0.2, 0.25) is 0 Å². The number of benzene rings is 1. The molecule has 0 heterocycles. The molecule has 4 N–H and O–H groups in total. The number of rotatable bonds is 12. The van der Waals surface area contributed by atoms with Crippen molar-refractivity contribution in [1.29, 1.82) is 0 Å². The zero-order valence-corrected chi connectivity index (χ0v) is 12.6. The second-order valence-corrected chi connectivity index (χ2v) is 4.38. The predicted molar refractivity (Wildman–Crippen MR) is 76.0 cm³/mol. The van der Waals surface area contributed by atoms with Crippen molar-refractivity contribution in [2.24, 2.45) is 0 Å². The van der Waals surface area contributed by atoms with E-state index < -0.39 is 25.5 Å². The van der Waals surface area contributed by atoms with Crippen LogP contribution in [0.1, 0.15) is 31.8 Å². The summed E-state index contributed by atoms with van der Waals surface area (Å²) in [4.78, 5) is 22.6. The van der Waals surface area contributed by atoms with Crippen molar-refractivity contribution >= 4 is 11.9 Å². The molecule has 0 aliphatic carbocycles. The third-order valence-corrected chi connectivity index (χ3v) is 2.82. The summed E-state index contributed by atoms with van der Waals surface area (Å²) in [5, 5.41) is 35.4. The highest BCUT2D eigenvalue weighted by Gasteiger charge is 2.19. The van der Waals surface area contributed by atoms with Gasteiger partial charge in [-0.1, -0.05) is 0 Å². The van der Waals surface area contributed by atoms with E-state index in [-0.39, 0.29) is 49.1 Å². The zero-order valence-electron chi connectivity index (χ0n) is 12.6. The molecular weight excluding hydrogens is 328 g/mol. The number of carboxylic acid groups (broad SMARTS) is 2. The molecule has 0 atom stereocenters. The van der Waals surface area contributed by atoms with E-state index in [4.69, 9.17) is 19.7 Å². The number of hydrogen-bond acceptors (Lipinski definition) is 8. The zero-order chi connectivity index (χ0) is 17.9. The average Bonchev–Trinajstić information content (AvgIpc) is 2.55. The Morgan fingerprint density at radius 1 is 0.750 bits per heavy atom. The van der Waals surface area contributed by atoms with E-state index in [1.54, 1.807) is 0 Å². The molecule has 1 rings (SSSR count). The van der Waals surface area contributed by atoms with Crippen LogP contribution in [0.3, 0.4) is 0 Å². The van der Waals surface area contributed by atoms with Crippen LogP contribution in [0.2, 0.25) is 0 Å². The third kappa shape index (κ3) is 6.20. The molecular formula is C14H18O10. The van der Waals surface area contributed by atoms with Gasteiger partial charge in [-0.2, -0.15) is 0 Å². The Hall–Kier alpha value is -2.08. The van der Waals surface area contributed by atoms with Gasteiger partial charge in [0.1, 0.15) is 27.2 Å². The number of aliphatic hydroxyl groups is 2. The van der Waals surface area contributed by atoms with E-state index in [0.29, 0.717) is 0 Å². The molecule has 10 nitrogen and oxygen atoms in total. The molecule has 0 radical (unpaired) electrons. The van der Waals surface area contributed by atoms with Gasteiger partial charge < -0.3 is 39.4 Å². The monoisotopic (exact) mass is 346 g/mol. The second kappa shape index (κ2) is 10.6. The molecule has 0 spiro atoms. The summed E-state index contributed by atoms with van der Waals surface area (Å²) >= 11 is 0. The molecule has 24 heavy (non-hydrogen) atoms. The highest BCUT2D eigenvalue weighted by Crippen LogP contribution is 2.20. The van der Waals surface area contributed by atoms with Crippen LogP contribution >= 0.6 is 0 Å². The van der Waals surface area contributed by atoms with Gasteiger partial charge >= 0.3 is 11.9 Å². The summed E-state index contributed by atoms with van der Waals surface area (Å²) in [6.45, 7) is -1.94. The van der Waals surface area contributed by atoms with Gasteiger partial charge in [0.15, 0.2) is 0 Å². The highest BCUT2D eigenvalue weighted by molar-refractivity contribution is 5.96. The second-order valence-electron chi connectivity index (χ2n) is 4.38. The lowest BCUT2D eigenvalue weighted by Crippen LogP contribution is -2.13. The molecule has 1 aromatic rings. The van der Waals surface area contributed by atoms with Crippen molar-refractivity contribution < 1.29 is 49.0 Å². The molecule has 134 valence electrons. The summed E-state index contributed by atoms with van der Waals surface area (Å²) in [6.07, 6.45) is 0. The molecule has 0 aliphatic heterocycles. The lowest BCUT2D eigenvalue weighted by molar-refractivity contribution is -0.114. The Morgan fingerprint density at radius 3 is 1.50 bits per heavy atom. The van der Waals surface area contributed by atoms with Gasteiger partial charge in [0.05, 0.1) is 24.3 Å². The Morgan fingerprint density at radius 2 is 1.17 bits per heavy atom. The Bertz CT molecular complexity index is 511. The van der Waals surface area contributed by atoms with Crippen molar-refractivity contribution in [2.45, 2.75) is 13.2 Å². The number of hydrogen-bond donors (Lipinski definition) is 4. The maximum Gasteiger partial charge on any atom is 0.336 e. The fourth-order valence-electron chi connectivity index (χ4n) is 1.83. The molecule has 10 heteroatoms. The van der Waals surface area contributed by atoms with E-state index in [9.17, 15) is 19.8 Å². The van der Waals surface area contributed by atoms with E-state index in [2.05, 4.69) is 9.47 Å². The number of ether oxygens (including phenoxy) is 4. The topological polar surface area (TPSA) is 152 Å².